The Morgan fingerprint density at radius 1 is 1.09 bits per heavy atom. The van der Waals surface area contributed by atoms with E-state index in [1.807, 2.05) is 30.1 Å². The molecule has 0 spiro atoms. The van der Waals surface area contributed by atoms with Crippen LogP contribution in [0.5, 0.6) is 0 Å². The number of pyridine rings is 2. The van der Waals surface area contributed by atoms with Gasteiger partial charge < -0.3 is 4.90 Å². The summed E-state index contributed by atoms with van der Waals surface area (Å²) >= 11 is 0. The van der Waals surface area contributed by atoms with Gasteiger partial charge in [0.15, 0.2) is 5.82 Å². The van der Waals surface area contributed by atoms with E-state index < -0.39 is 26.8 Å². The van der Waals surface area contributed by atoms with Gasteiger partial charge in [0, 0.05) is 37.8 Å². The number of aromatic nitrogens is 2. The van der Waals surface area contributed by atoms with Gasteiger partial charge in [-0.25, -0.2) is 14.4 Å². The van der Waals surface area contributed by atoms with E-state index in [1.165, 1.54) is 30.8 Å². The van der Waals surface area contributed by atoms with Gasteiger partial charge in [0.25, 0.3) is 10.0 Å². The first-order valence-electron chi connectivity index (χ1n) is 11.5. The average molecular weight is 502 g/mol. The molecular weight excluding hydrogens is 472 g/mol. The van der Waals surface area contributed by atoms with Gasteiger partial charge in [-0.1, -0.05) is 36.4 Å². The number of likely N-dealkylation sites (tertiary alicyclic amines) is 1. The number of piperidine rings is 1. The summed E-state index contributed by atoms with van der Waals surface area (Å²) in [7, 11) is -2.50. The molecule has 2 aromatic heterocycles. The van der Waals surface area contributed by atoms with Crippen molar-refractivity contribution in [1.82, 2.24) is 14.9 Å². The topological polar surface area (TPSA) is 78.4 Å². The third-order valence-electron chi connectivity index (χ3n) is 6.67. The van der Waals surface area contributed by atoms with Gasteiger partial charge in [0.1, 0.15) is 5.82 Å². The van der Waals surface area contributed by atoms with Crippen LogP contribution in [-0.4, -0.2) is 49.5 Å². The van der Waals surface area contributed by atoms with E-state index in [-0.39, 0.29) is 17.4 Å². The minimum Gasteiger partial charge on any atom is -0.370 e. The van der Waals surface area contributed by atoms with Crippen LogP contribution in [0, 0.1) is 18.7 Å². The molecule has 1 aromatic carbocycles. The van der Waals surface area contributed by atoms with Crippen molar-refractivity contribution in [3.05, 3.63) is 77.6 Å². The summed E-state index contributed by atoms with van der Waals surface area (Å²) in [6.45, 7) is 5.54. The maximum atomic E-state index is 15.2. The first kappa shape index (κ1) is 25.0. The molecule has 186 valence electrons. The Morgan fingerprint density at radius 3 is 2.43 bits per heavy atom. The normalized spacial score (nSPS) is 16.1. The Morgan fingerprint density at radius 2 is 1.77 bits per heavy atom. The lowest BCUT2D eigenvalue weighted by Gasteiger charge is -2.40. The second kappa shape index (κ2) is 10.2. The molecule has 1 fully saturated rings. The van der Waals surface area contributed by atoms with Crippen molar-refractivity contribution in [2.75, 3.05) is 29.8 Å². The maximum Gasteiger partial charge on any atom is 0.283 e. The van der Waals surface area contributed by atoms with Crippen LogP contribution in [0.1, 0.15) is 36.9 Å². The molecule has 0 bridgehead atoms. The number of sulfonamides is 1. The predicted molar refractivity (Wildman–Crippen MR) is 132 cm³/mol. The zero-order valence-electron chi connectivity index (χ0n) is 19.9. The van der Waals surface area contributed by atoms with Crippen molar-refractivity contribution in [2.24, 2.45) is 0 Å². The number of nitrogens with one attached hydrogen (secondary N) is 1. The van der Waals surface area contributed by atoms with Crippen LogP contribution in [0.25, 0.3) is 0 Å². The van der Waals surface area contributed by atoms with Crippen LogP contribution in [0.4, 0.5) is 20.3 Å². The van der Waals surface area contributed by atoms with Crippen LogP contribution >= 0.6 is 0 Å². The molecule has 4 rings (SSSR count). The second-order valence-corrected chi connectivity index (χ2v) is 10.4. The van der Waals surface area contributed by atoms with Crippen LogP contribution in [0.2, 0.25) is 0 Å². The van der Waals surface area contributed by atoms with E-state index in [0.29, 0.717) is 11.7 Å². The van der Waals surface area contributed by atoms with Gasteiger partial charge in [-0.3, -0.25) is 9.62 Å². The predicted octanol–water partition coefficient (Wildman–Crippen LogP) is 4.53. The largest absolute Gasteiger partial charge is 0.370 e. The summed E-state index contributed by atoms with van der Waals surface area (Å²) in [6, 6.07) is 14.5. The van der Waals surface area contributed by atoms with Crippen LogP contribution in [0.3, 0.4) is 0 Å². The molecule has 0 amide bonds. The molecule has 0 radical (unpaired) electrons. The molecule has 3 aromatic rings. The Labute approximate surface area is 204 Å². The highest BCUT2D eigenvalue weighted by Crippen LogP contribution is 2.31. The van der Waals surface area contributed by atoms with Gasteiger partial charge >= 0.3 is 0 Å². The second-order valence-electron chi connectivity index (χ2n) is 8.80. The summed E-state index contributed by atoms with van der Waals surface area (Å²) in [5.74, 6) is -2.04. The minimum absolute atomic E-state index is 0.172. The van der Waals surface area contributed by atoms with Crippen molar-refractivity contribution in [3.8, 4) is 0 Å². The molecule has 0 saturated carbocycles. The smallest absolute Gasteiger partial charge is 0.283 e. The maximum absolute atomic E-state index is 15.2. The number of hydrogen-bond donors (Lipinski definition) is 1. The van der Waals surface area contributed by atoms with E-state index in [9.17, 15) is 12.8 Å². The fourth-order valence-corrected chi connectivity index (χ4v) is 5.61. The third kappa shape index (κ3) is 5.43. The molecule has 1 atom stereocenters. The van der Waals surface area contributed by atoms with Gasteiger partial charge in [0.05, 0.1) is 11.9 Å². The molecule has 7 nitrogen and oxygen atoms in total. The molecular formula is C25H29F2N5O2S. The summed E-state index contributed by atoms with van der Waals surface area (Å²) in [4.78, 5) is 11.8. The molecule has 1 aliphatic heterocycles. The summed E-state index contributed by atoms with van der Waals surface area (Å²) in [5.41, 5.74) is 2.01. The van der Waals surface area contributed by atoms with E-state index in [0.717, 1.165) is 32.0 Å². The van der Waals surface area contributed by atoms with Gasteiger partial charge in [0.2, 0.25) is 11.0 Å². The first-order chi connectivity index (χ1) is 16.7. The van der Waals surface area contributed by atoms with E-state index in [4.69, 9.17) is 0 Å². The van der Waals surface area contributed by atoms with Crippen LogP contribution in [-0.2, 0) is 10.0 Å². The SMILES string of the molecule is Cc1c(N(C)C2CCN(C(C)c3ccccc3)CC2)cnc(S(=O)(=O)Nc2cccc(F)n2)c1F. The van der Waals surface area contributed by atoms with Crippen molar-refractivity contribution < 1.29 is 17.2 Å². The minimum atomic E-state index is -4.38. The third-order valence-corrected chi connectivity index (χ3v) is 7.94. The van der Waals surface area contributed by atoms with Gasteiger partial charge in [-0.15, -0.1) is 0 Å². The van der Waals surface area contributed by atoms with Gasteiger partial charge in [-0.05, 0) is 44.4 Å². The average Bonchev–Trinajstić information content (AvgIpc) is 2.85. The van der Waals surface area contributed by atoms with E-state index >= 15 is 4.39 Å². The van der Waals surface area contributed by atoms with E-state index in [1.54, 1.807) is 0 Å². The molecule has 1 unspecified atom stereocenters. The number of nitrogens with zero attached hydrogens (tertiary/aromatic N) is 4. The first-order valence-corrected chi connectivity index (χ1v) is 13.0. The van der Waals surface area contributed by atoms with Crippen molar-refractivity contribution in [3.63, 3.8) is 0 Å². The number of anilines is 2. The summed E-state index contributed by atoms with van der Waals surface area (Å²) < 4.78 is 56.0. The number of rotatable bonds is 7. The molecule has 35 heavy (non-hydrogen) atoms. The zero-order valence-corrected chi connectivity index (χ0v) is 20.8. The fraction of sp³-hybridized carbons (Fsp3) is 0.360. The number of benzene rings is 1. The van der Waals surface area contributed by atoms with Crippen LogP contribution < -0.4 is 9.62 Å². The Bertz CT molecular complexity index is 1280. The van der Waals surface area contributed by atoms with Crippen molar-refractivity contribution in [1.29, 1.82) is 0 Å². The fourth-order valence-electron chi connectivity index (χ4n) is 4.54. The number of halogens is 2. The zero-order chi connectivity index (χ0) is 25.2. The lowest BCUT2D eigenvalue weighted by Crippen LogP contribution is -2.44. The van der Waals surface area contributed by atoms with Gasteiger partial charge in [-0.2, -0.15) is 12.8 Å². The molecule has 10 heteroatoms. The Kier molecular flexibility index (Phi) is 7.32. The lowest BCUT2D eigenvalue weighted by molar-refractivity contribution is 0.162. The highest BCUT2D eigenvalue weighted by molar-refractivity contribution is 7.92. The number of hydrogen-bond acceptors (Lipinski definition) is 6. The molecule has 0 aliphatic carbocycles. The highest BCUT2D eigenvalue weighted by atomic mass is 32.2. The lowest BCUT2D eigenvalue weighted by atomic mass is 9.98. The summed E-state index contributed by atoms with van der Waals surface area (Å²) in [5, 5.41) is -0.746. The standard InChI is InChI=1S/C25H29F2N5O2S/c1-17-21(16-28-25(24(17)27)35(33,34)30-23-11-7-10-22(26)29-23)31(3)20-12-14-32(15-13-20)18(2)19-8-5-4-6-9-19/h4-11,16,18,20H,12-15H2,1-3H3,(H,29,30). The van der Waals surface area contributed by atoms with Crippen LogP contribution in [0.15, 0.2) is 59.8 Å². The molecule has 1 aliphatic rings. The highest BCUT2D eigenvalue weighted by Gasteiger charge is 2.29. The molecule has 1 N–H and O–H groups in total. The quantitative estimate of drug-likeness (QED) is 0.480. The van der Waals surface area contributed by atoms with E-state index in [2.05, 4.69) is 38.6 Å². The molecule has 1 saturated heterocycles. The van der Waals surface area contributed by atoms with Crippen molar-refractivity contribution >= 4 is 21.5 Å². The monoisotopic (exact) mass is 501 g/mol. The Balaban J connectivity index is 1.46. The van der Waals surface area contributed by atoms with Crippen molar-refractivity contribution in [2.45, 2.75) is 43.8 Å². The Hall–Kier alpha value is -3.11. The molecule has 3 heterocycles. The summed E-state index contributed by atoms with van der Waals surface area (Å²) in [6.07, 6.45) is 3.16.